The summed E-state index contributed by atoms with van der Waals surface area (Å²) in [6, 6.07) is 12.5. The fourth-order valence-electron chi connectivity index (χ4n) is 2.15. The molecule has 5 nitrogen and oxygen atoms in total. The Kier molecular flexibility index (Phi) is 6.46. The highest BCUT2D eigenvalue weighted by molar-refractivity contribution is 6.30. The lowest BCUT2D eigenvalue weighted by Crippen LogP contribution is -2.33. The quantitative estimate of drug-likeness (QED) is 0.763. The molecule has 0 radical (unpaired) electrons. The molecule has 24 heavy (non-hydrogen) atoms. The Morgan fingerprint density at radius 3 is 2.62 bits per heavy atom. The number of carboxylic acid groups (broad SMARTS) is 1. The fourth-order valence-corrected chi connectivity index (χ4v) is 2.38. The summed E-state index contributed by atoms with van der Waals surface area (Å²) in [6.45, 7) is 2.25. The Morgan fingerprint density at radius 1 is 1.29 bits per heavy atom. The van der Waals surface area contributed by atoms with Gasteiger partial charge in [0, 0.05) is 23.2 Å². The number of halogens is 1. The predicted molar refractivity (Wildman–Crippen MR) is 92.7 cm³/mol. The van der Waals surface area contributed by atoms with Gasteiger partial charge in [0.2, 0.25) is 0 Å². The summed E-state index contributed by atoms with van der Waals surface area (Å²) in [5, 5.41) is 12.4. The molecule has 2 aromatic carbocycles. The molecule has 1 unspecified atom stereocenters. The monoisotopic (exact) mass is 349 g/mol. The van der Waals surface area contributed by atoms with Crippen molar-refractivity contribution in [3.8, 4) is 11.5 Å². The van der Waals surface area contributed by atoms with Crippen LogP contribution < -0.4 is 14.8 Å². The van der Waals surface area contributed by atoms with E-state index in [9.17, 15) is 4.79 Å². The largest absolute Gasteiger partial charge is 0.493 e. The van der Waals surface area contributed by atoms with Crippen LogP contribution in [-0.4, -0.2) is 24.2 Å². The molecule has 0 saturated carbocycles. The number of rotatable bonds is 8. The number of carboxylic acids is 1. The smallest absolute Gasteiger partial charge is 0.320 e. The number of hydrogen-bond acceptors (Lipinski definition) is 4. The van der Waals surface area contributed by atoms with Crippen molar-refractivity contribution in [3.05, 3.63) is 58.6 Å². The number of carbonyl (C=O) groups is 1. The molecule has 0 spiro atoms. The van der Waals surface area contributed by atoms with Crippen molar-refractivity contribution in [3.63, 3.8) is 0 Å². The summed E-state index contributed by atoms with van der Waals surface area (Å²) in [7, 11) is 1.54. The van der Waals surface area contributed by atoms with Gasteiger partial charge in [-0.05, 0) is 18.6 Å². The molecule has 6 heteroatoms. The zero-order valence-electron chi connectivity index (χ0n) is 13.6. The van der Waals surface area contributed by atoms with Gasteiger partial charge in [-0.1, -0.05) is 41.9 Å². The van der Waals surface area contributed by atoms with Gasteiger partial charge in [0.15, 0.2) is 11.5 Å². The van der Waals surface area contributed by atoms with Crippen LogP contribution in [0.5, 0.6) is 11.5 Å². The molecule has 2 aromatic rings. The van der Waals surface area contributed by atoms with Crippen LogP contribution >= 0.6 is 11.6 Å². The minimum atomic E-state index is -0.921. The van der Waals surface area contributed by atoms with Gasteiger partial charge in [-0.2, -0.15) is 0 Å². The number of nitrogens with one attached hydrogen (secondary N) is 1. The summed E-state index contributed by atoms with van der Waals surface area (Å²) < 4.78 is 11.3. The second-order valence-electron chi connectivity index (χ2n) is 5.31. The topological polar surface area (TPSA) is 67.8 Å². The maximum Gasteiger partial charge on any atom is 0.320 e. The maximum absolute atomic E-state index is 11.0. The number of hydrogen-bond donors (Lipinski definition) is 2. The standard InChI is InChI=1S/C18H20ClNO4/c1-12(18(21)22)20-10-14-8-15(19)9-16(23-2)17(14)24-11-13-6-4-3-5-7-13/h3-9,12,20H,10-11H2,1-2H3,(H,21,22). The Hall–Kier alpha value is -2.24. The molecular weight excluding hydrogens is 330 g/mol. The van der Waals surface area contributed by atoms with Crippen LogP contribution in [0.4, 0.5) is 0 Å². The average Bonchev–Trinajstić information content (AvgIpc) is 2.58. The highest BCUT2D eigenvalue weighted by Gasteiger charge is 2.16. The molecule has 0 aromatic heterocycles. The van der Waals surface area contributed by atoms with Crippen molar-refractivity contribution in [2.24, 2.45) is 0 Å². The summed E-state index contributed by atoms with van der Waals surface area (Å²) >= 11 is 6.12. The van der Waals surface area contributed by atoms with Crippen molar-refractivity contribution in [2.45, 2.75) is 26.1 Å². The van der Waals surface area contributed by atoms with Crippen molar-refractivity contribution in [1.29, 1.82) is 0 Å². The molecular formula is C18H20ClNO4. The lowest BCUT2D eigenvalue weighted by Gasteiger charge is -2.17. The molecule has 0 heterocycles. The highest BCUT2D eigenvalue weighted by Crippen LogP contribution is 2.35. The summed E-state index contributed by atoms with van der Waals surface area (Å²) in [6.07, 6.45) is 0. The molecule has 2 rings (SSSR count). The average molecular weight is 350 g/mol. The molecule has 2 N–H and O–H groups in total. The minimum absolute atomic E-state index is 0.300. The van der Waals surface area contributed by atoms with Crippen LogP contribution in [0, 0.1) is 0 Å². The van der Waals surface area contributed by atoms with E-state index in [1.165, 1.54) is 7.11 Å². The Labute approximate surface area is 146 Å². The highest BCUT2D eigenvalue weighted by atomic mass is 35.5. The zero-order chi connectivity index (χ0) is 17.5. The van der Waals surface area contributed by atoms with E-state index in [0.717, 1.165) is 11.1 Å². The molecule has 0 amide bonds. The van der Waals surface area contributed by atoms with E-state index in [4.69, 9.17) is 26.2 Å². The third-order valence-corrected chi connectivity index (χ3v) is 3.73. The summed E-state index contributed by atoms with van der Waals surface area (Å²) in [4.78, 5) is 11.0. The van der Waals surface area contributed by atoms with E-state index in [1.807, 2.05) is 30.3 Å². The van der Waals surface area contributed by atoms with Crippen LogP contribution in [0.2, 0.25) is 5.02 Å². The van der Waals surface area contributed by atoms with E-state index in [2.05, 4.69) is 5.32 Å². The van der Waals surface area contributed by atoms with Crippen LogP contribution in [0.25, 0.3) is 0 Å². The second kappa shape index (κ2) is 8.57. The first-order valence-electron chi connectivity index (χ1n) is 7.50. The predicted octanol–water partition coefficient (Wildman–Crippen LogP) is 3.49. The Bertz CT molecular complexity index is 691. The van der Waals surface area contributed by atoms with E-state index in [1.54, 1.807) is 19.1 Å². The number of benzene rings is 2. The number of ether oxygens (including phenoxy) is 2. The third-order valence-electron chi connectivity index (χ3n) is 3.51. The lowest BCUT2D eigenvalue weighted by molar-refractivity contribution is -0.139. The van der Waals surface area contributed by atoms with Crippen LogP contribution in [-0.2, 0) is 17.9 Å². The molecule has 128 valence electrons. The van der Waals surface area contributed by atoms with Gasteiger partial charge in [-0.25, -0.2) is 0 Å². The van der Waals surface area contributed by atoms with Crippen LogP contribution in [0.1, 0.15) is 18.1 Å². The first-order valence-corrected chi connectivity index (χ1v) is 7.88. The van der Waals surface area contributed by atoms with Crippen molar-refractivity contribution >= 4 is 17.6 Å². The van der Waals surface area contributed by atoms with Gasteiger partial charge >= 0.3 is 5.97 Å². The summed E-state index contributed by atoms with van der Waals surface area (Å²) in [5.74, 6) is 0.143. The zero-order valence-corrected chi connectivity index (χ0v) is 14.3. The number of aliphatic carboxylic acids is 1. The normalized spacial score (nSPS) is 11.8. The maximum atomic E-state index is 11.0. The second-order valence-corrected chi connectivity index (χ2v) is 5.75. The van der Waals surface area contributed by atoms with Crippen LogP contribution in [0.15, 0.2) is 42.5 Å². The first kappa shape index (κ1) is 18.1. The lowest BCUT2D eigenvalue weighted by atomic mass is 10.1. The van der Waals surface area contributed by atoms with Gasteiger partial charge in [-0.15, -0.1) is 0 Å². The van der Waals surface area contributed by atoms with Crippen molar-refractivity contribution in [2.75, 3.05) is 7.11 Å². The molecule has 0 fully saturated rings. The fraction of sp³-hybridized carbons (Fsp3) is 0.278. The van der Waals surface area contributed by atoms with Gasteiger partial charge in [0.1, 0.15) is 12.6 Å². The van der Waals surface area contributed by atoms with E-state index >= 15 is 0 Å². The molecule has 0 aliphatic heterocycles. The summed E-state index contributed by atoms with van der Waals surface area (Å²) in [5.41, 5.74) is 1.76. The van der Waals surface area contributed by atoms with Crippen LogP contribution in [0.3, 0.4) is 0 Å². The minimum Gasteiger partial charge on any atom is -0.493 e. The molecule has 0 aliphatic carbocycles. The van der Waals surface area contributed by atoms with E-state index in [0.29, 0.717) is 29.7 Å². The van der Waals surface area contributed by atoms with Crippen molar-refractivity contribution in [1.82, 2.24) is 5.32 Å². The number of methoxy groups -OCH3 is 1. The van der Waals surface area contributed by atoms with Gasteiger partial charge < -0.3 is 19.9 Å². The van der Waals surface area contributed by atoms with E-state index < -0.39 is 12.0 Å². The Balaban J connectivity index is 2.21. The van der Waals surface area contributed by atoms with E-state index in [-0.39, 0.29) is 0 Å². The van der Waals surface area contributed by atoms with Gasteiger partial charge in [-0.3, -0.25) is 4.79 Å². The van der Waals surface area contributed by atoms with Gasteiger partial charge in [0.25, 0.3) is 0 Å². The third kappa shape index (κ3) is 4.88. The molecule has 0 bridgehead atoms. The molecule has 0 saturated heterocycles. The molecule has 0 aliphatic rings. The Morgan fingerprint density at radius 2 is 2.00 bits per heavy atom. The first-order chi connectivity index (χ1) is 11.5. The van der Waals surface area contributed by atoms with Gasteiger partial charge in [0.05, 0.1) is 7.11 Å². The SMILES string of the molecule is COc1cc(Cl)cc(CNC(C)C(=O)O)c1OCc1ccccc1. The van der Waals surface area contributed by atoms with Crippen molar-refractivity contribution < 1.29 is 19.4 Å². The molecule has 1 atom stereocenters.